The van der Waals surface area contributed by atoms with Crippen molar-refractivity contribution in [3.8, 4) is 0 Å². The van der Waals surface area contributed by atoms with Crippen LogP contribution < -0.4 is 5.73 Å². The molecule has 1 aromatic heterocycles. The molecule has 0 bridgehead atoms. The standard InChI is InChI=1S/C11H19NO/c1-5-7(2)11(12)10-6-8(3)9(4)13-10/h6-7,11H,5,12H2,1-4H3/t7?,11-/m0/s1. The van der Waals surface area contributed by atoms with Gasteiger partial charge in [-0.05, 0) is 31.4 Å². The Morgan fingerprint density at radius 2 is 2.08 bits per heavy atom. The number of nitrogens with two attached hydrogens (primary N) is 1. The molecule has 0 aliphatic carbocycles. The van der Waals surface area contributed by atoms with Crippen LogP contribution in [-0.4, -0.2) is 0 Å². The normalized spacial score (nSPS) is 15.8. The maximum absolute atomic E-state index is 6.04. The number of furan rings is 1. The summed E-state index contributed by atoms with van der Waals surface area (Å²) >= 11 is 0. The first-order valence-electron chi connectivity index (χ1n) is 4.88. The zero-order valence-corrected chi connectivity index (χ0v) is 8.92. The summed E-state index contributed by atoms with van der Waals surface area (Å²) in [6.45, 7) is 8.32. The van der Waals surface area contributed by atoms with Gasteiger partial charge in [-0.1, -0.05) is 20.3 Å². The molecule has 0 aromatic carbocycles. The lowest BCUT2D eigenvalue weighted by atomic mass is 9.98. The minimum atomic E-state index is 0.0393. The molecular weight excluding hydrogens is 162 g/mol. The van der Waals surface area contributed by atoms with Gasteiger partial charge in [-0.3, -0.25) is 0 Å². The SMILES string of the molecule is CCC(C)[C@H](N)c1cc(C)c(C)o1. The average Bonchev–Trinajstić information content (AvgIpc) is 2.44. The maximum Gasteiger partial charge on any atom is 0.121 e. The third kappa shape index (κ3) is 2.13. The first kappa shape index (κ1) is 10.3. The first-order valence-corrected chi connectivity index (χ1v) is 4.88. The topological polar surface area (TPSA) is 39.2 Å². The molecule has 0 saturated carbocycles. The van der Waals surface area contributed by atoms with Crippen LogP contribution in [0, 0.1) is 19.8 Å². The van der Waals surface area contributed by atoms with E-state index < -0.39 is 0 Å². The fraction of sp³-hybridized carbons (Fsp3) is 0.636. The van der Waals surface area contributed by atoms with Crippen molar-refractivity contribution < 1.29 is 4.42 Å². The van der Waals surface area contributed by atoms with Gasteiger partial charge in [-0.25, -0.2) is 0 Å². The van der Waals surface area contributed by atoms with Gasteiger partial charge in [0.2, 0.25) is 0 Å². The van der Waals surface area contributed by atoms with E-state index in [0.717, 1.165) is 17.9 Å². The quantitative estimate of drug-likeness (QED) is 0.778. The average molecular weight is 181 g/mol. The summed E-state index contributed by atoms with van der Waals surface area (Å²) in [7, 11) is 0. The summed E-state index contributed by atoms with van der Waals surface area (Å²) in [6, 6.07) is 2.09. The molecule has 13 heavy (non-hydrogen) atoms. The summed E-state index contributed by atoms with van der Waals surface area (Å²) in [5.41, 5.74) is 7.23. The van der Waals surface area contributed by atoms with Crippen LogP contribution in [0.1, 0.15) is 43.4 Å². The first-order chi connectivity index (χ1) is 6.06. The van der Waals surface area contributed by atoms with Gasteiger partial charge < -0.3 is 10.2 Å². The van der Waals surface area contributed by atoms with E-state index in [-0.39, 0.29) is 6.04 Å². The van der Waals surface area contributed by atoms with Gasteiger partial charge in [0.15, 0.2) is 0 Å². The van der Waals surface area contributed by atoms with E-state index in [4.69, 9.17) is 10.2 Å². The summed E-state index contributed by atoms with van der Waals surface area (Å²) in [6.07, 6.45) is 1.08. The predicted octanol–water partition coefficient (Wildman–Crippen LogP) is 2.94. The molecule has 0 fully saturated rings. The van der Waals surface area contributed by atoms with Crippen LogP contribution in [0.15, 0.2) is 10.5 Å². The molecule has 0 radical (unpaired) electrons. The summed E-state index contributed by atoms with van der Waals surface area (Å²) in [4.78, 5) is 0. The molecule has 1 rings (SSSR count). The van der Waals surface area contributed by atoms with E-state index in [1.54, 1.807) is 0 Å². The Labute approximate surface area is 80.1 Å². The molecular formula is C11H19NO. The Hall–Kier alpha value is -0.760. The number of rotatable bonds is 3. The highest BCUT2D eigenvalue weighted by molar-refractivity contribution is 5.20. The van der Waals surface area contributed by atoms with Crippen LogP contribution in [0.5, 0.6) is 0 Å². The zero-order valence-electron chi connectivity index (χ0n) is 8.92. The van der Waals surface area contributed by atoms with Crippen LogP contribution in [0.25, 0.3) is 0 Å². The number of aryl methyl sites for hydroxylation is 2. The maximum atomic E-state index is 6.04. The van der Waals surface area contributed by atoms with Crippen molar-refractivity contribution in [2.75, 3.05) is 0 Å². The summed E-state index contributed by atoms with van der Waals surface area (Å²) in [5, 5.41) is 0. The lowest BCUT2D eigenvalue weighted by molar-refractivity contribution is 0.368. The van der Waals surface area contributed by atoms with Crippen LogP contribution in [0.4, 0.5) is 0 Å². The molecule has 1 unspecified atom stereocenters. The summed E-state index contributed by atoms with van der Waals surface area (Å²) < 4.78 is 5.57. The monoisotopic (exact) mass is 181 g/mol. The van der Waals surface area contributed by atoms with Crippen LogP contribution in [0.3, 0.4) is 0 Å². The van der Waals surface area contributed by atoms with Crippen LogP contribution in [0.2, 0.25) is 0 Å². The molecule has 0 aliphatic rings. The van der Waals surface area contributed by atoms with E-state index >= 15 is 0 Å². The van der Waals surface area contributed by atoms with E-state index in [2.05, 4.69) is 13.8 Å². The van der Waals surface area contributed by atoms with Crippen molar-refractivity contribution >= 4 is 0 Å². The molecule has 2 atom stereocenters. The molecule has 2 N–H and O–H groups in total. The largest absolute Gasteiger partial charge is 0.464 e. The van der Waals surface area contributed by atoms with Crippen molar-refractivity contribution in [2.45, 2.75) is 40.2 Å². The highest BCUT2D eigenvalue weighted by atomic mass is 16.3. The second-order valence-corrected chi connectivity index (χ2v) is 3.80. The van der Waals surface area contributed by atoms with Crippen LogP contribution >= 0.6 is 0 Å². The smallest absolute Gasteiger partial charge is 0.121 e. The van der Waals surface area contributed by atoms with E-state index in [9.17, 15) is 0 Å². The minimum Gasteiger partial charge on any atom is -0.464 e. The second-order valence-electron chi connectivity index (χ2n) is 3.80. The van der Waals surface area contributed by atoms with Crippen LogP contribution in [-0.2, 0) is 0 Å². The van der Waals surface area contributed by atoms with Crippen molar-refractivity contribution in [3.63, 3.8) is 0 Å². The fourth-order valence-electron chi connectivity index (χ4n) is 1.30. The second kappa shape index (κ2) is 3.97. The van der Waals surface area contributed by atoms with Crippen molar-refractivity contribution in [1.82, 2.24) is 0 Å². The van der Waals surface area contributed by atoms with Crippen molar-refractivity contribution in [2.24, 2.45) is 11.7 Å². The highest BCUT2D eigenvalue weighted by Crippen LogP contribution is 2.25. The van der Waals surface area contributed by atoms with Gasteiger partial charge in [0, 0.05) is 0 Å². The van der Waals surface area contributed by atoms with Gasteiger partial charge >= 0.3 is 0 Å². The van der Waals surface area contributed by atoms with Crippen molar-refractivity contribution in [3.05, 3.63) is 23.2 Å². The number of hydrogen-bond donors (Lipinski definition) is 1. The molecule has 0 saturated heterocycles. The Bertz CT molecular complexity index is 258. The molecule has 2 heteroatoms. The third-order valence-electron chi connectivity index (χ3n) is 2.77. The van der Waals surface area contributed by atoms with Gasteiger partial charge in [-0.15, -0.1) is 0 Å². The molecule has 1 aromatic rings. The van der Waals surface area contributed by atoms with Gasteiger partial charge in [0.1, 0.15) is 11.5 Å². The molecule has 74 valence electrons. The van der Waals surface area contributed by atoms with Gasteiger partial charge in [0.25, 0.3) is 0 Å². The van der Waals surface area contributed by atoms with E-state index in [1.165, 1.54) is 5.56 Å². The molecule has 0 aliphatic heterocycles. The van der Waals surface area contributed by atoms with Gasteiger partial charge in [-0.2, -0.15) is 0 Å². The zero-order chi connectivity index (χ0) is 10.0. The summed E-state index contributed by atoms with van der Waals surface area (Å²) in [5.74, 6) is 2.38. The Morgan fingerprint density at radius 3 is 2.46 bits per heavy atom. The van der Waals surface area contributed by atoms with Gasteiger partial charge in [0.05, 0.1) is 6.04 Å². The predicted molar refractivity (Wildman–Crippen MR) is 54.6 cm³/mol. The Balaban J connectivity index is 2.82. The van der Waals surface area contributed by atoms with Crippen molar-refractivity contribution in [1.29, 1.82) is 0 Å². The molecule has 0 spiro atoms. The lowest BCUT2D eigenvalue weighted by Crippen LogP contribution is -2.17. The van der Waals surface area contributed by atoms with E-state index in [1.807, 2.05) is 19.9 Å². The molecule has 2 nitrogen and oxygen atoms in total. The fourth-order valence-corrected chi connectivity index (χ4v) is 1.30. The Morgan fingerprint density at radius 1 is 1.46 bits per heavy atom. The minimum absolute atomic E-state index is 0.0393. The lowest BCUT2D eigenvalue weighted by Gasteiger charge is -2.15. The highest BCUT2D eigenvalue weighted by Gasteiger charge is 2.17. The number of hydrogen-bond acceptors (Lipinski definition) is 2. The van der Waals surface area contributed by atoms with E-state index in [0.29, 0.717) is 5.92 Å². The Kier molecular flexibility index (Phi) is 3.15. The third-order valence-corrected chi connectivity index (χ3v) is 2.77. The molecule has 1 heterocycles. The molecule has 0 amide bonds.